The highest BCUT2D eigenvalue weighted by Crippen LogP contribution is 2.44. The molecule has 0 bridgehead atoms. The molecule has 0 radical (unpaired) electrons. The standard InChI is InChI=1S/C24H18ClF9N2O3S2/c1-36-5-4-16(11-36)39-19-9-15(2-3-17(19)24(32,33)34)35-41(37,38)20-10-18(25)21(40-20)12-6-13(22(26,27)28)8-14(7-12)23(29,30)31/h2-3,6-10,16,35H,4-5,11H2,1H3/t16-/m1/s1. The van der Waals surface area contributed by atoms with Gasteiger partial charge in [0, 0.05) is 19.2 Å². The smallest absolute Gasteiger partial charge is 0.419 e. The molecule has 224 valence electrons. The maximum absolute atomic E-state index is 13.6. The summed E-state index contributed by atoms with van der Waals surface area (Å²) in [6.07, 6.45) is -15.3. The van der Waals surface area contributed by atoms with E-state index in [0.29, 0.717) is 37.7 Å². The van der Waals surface area contributed by atoms with Gasteiger partial charge >= 0.3 is 18.5 Å². The Morgan fingerprint density at radius 1 is 0.927 bits per heavy atom. The number of nitrogens with zero attached hydrogens (tertiary/aromatic N) is 1. The number of likely N-dealkylation sites (N-methyl/N-ethyl adjacent to an activating group) is 1. The molecule has 0 saturated carbocycles. The van der Waals surface area contributed by atoms with Gasteiger partial charge in [-0.2, -0.15) is 39.5 Å². The van der Waals surface area contributed by atoms with Gasteiger partial charge in [0.05, 0.1) is 32.3 Å². The monoisotopic (exact) mass is 652 g/mol. The summed E-state index contributed by atoms with van der Waals surface area (Å²) < 4.78 is 153. The predicted molar refractivity (Wildman–Crippen MR) is 134 cm³/mol. The summed E-state index contributed by atoms with van der Waals surface area (Å²) >= 11 is 6.31. The summed E-state index contributed by atoms with van der Waals surface area (Å²) in [6.45, 7) is 0.922. The molecule has 2 aromatic carbocycles. The van der Waals surface area contributed by atoms with E-state index in [-0.39, 0.29) is 23.1 Å². The maximum Gasteiger partial charge on any atom is 0.419 e. The van der Waals surface area contributed by atoms with E-state index < -0.39 is 76.8 Å². The van der Waals surface area contributed by atoms with Crippen molar-refractivity contribution in [3.63, 3.8) is 0 Å². The van der Waals surface area contributed by atoms with Crippen LogP contribution in [0.5, 0.6) is 5.75 Å². The third-order valence-corrected chi connectivity index (χ3v) is 9.41. The third-order valence-electron chi connectivity index (χ3n) is 5.96. The van der Waals surface area contributed by atoms with Crippen molar-refractivity contribution < 1.29 is 52.7 Å². The Balaban J connectivity index is 1.69. The summed E-state index contributed by atoms with van der Waals surface area (Å²) in [5, 5.41) is -0.454. The molecule has 3 aromatic rings. The van der Waals surface area contributed by atoms with Crippen LogP contribution in [0.1, 0.15) is 23.1 Å². The molecule has 0 unspecified atom stereocenters. The molecule has 1 aromatic heterocycles. The number of halogens is 10. The number of thiophene rings is 1. The van der Waals surface area contributed by atoms with E-state index in [9.17, 15) is 47.9 Å². The van der Waals surface area contributed by atoms with Crippen LogP contribution in [0.25, 0.3) is 10.4 Å². The van der Waals surface area contributed by atoms with Crippen LogP contribution in [0.15, 0.2) is 46.7 Å². The van der Waals surface area contributed by atoms with E-state index in [1.807, 2.05) is 4.90 Å². The Morgan fingerprint density at radius 2 is 1.54 bits per heavy atom. The van der Waals surface area contributed by atoms with Crippen LogP contribution in [0, 0.1) is 0 Å². The molecule has 17 heteroatoms. The fourth-order valence-electron chi connectivity index (χ4n) is 4.06. The fourth-order valence-corrected chi connectivity index (χ4v) is 6.91. The van der Waals surface area contributed by atoms with Gasteiger partial charge in [-0.25, -0.2) is 8.42 Å². The fraction of sp³-hybridized carbons (Fsp3) is 0.333. The zero-order chi connectivity index (χ0) is 30.5. The van der Waals surface area contributed by atoms with Crippen LogP contribution in [-0.4, -0.2) is 39.6 Å². The maximum atomic E-state index is 13.6. The number of hydrogen-bond donors (Lipinski definition) is 1. The number of rotatable bonds is 6. The first-order valence-corrected chi connectivity index (χ1v) is 14.1. The van der Waals surface area contributed by atoms with Gasteiger partial charge in [0.2, 0.25) is 0 Å². The van der Waals surface area contributed by atoms with Crippen LogP contribution in [0.3, 0.4) is 0 Å². The second-order valence-electron chi connectivity index (χ2n) is 9.14. The first-order valence-electron chi connectivity index (χ1n) is 11.4. The van der Waals surface area contributed by atoms with Crippen LogP contribution in [0.4, 0.5) is 45.2 Å². The number of ether oxygens (including phenoxy) is 1. The molecule has 1 aliphatic rings. The van der Waals surface area contributed by atoms with Crippen molar-refractivity contribution >= 4 is 38.6 Å². The van der Waals surface area contributed by atoms with Crippen molar-refractivity contribution in [1.29, 1.82) is 0 Å². The Morgan fingerprint density at radius 3 is 2.05 bits per heavy atom. The quantitative estimate of drug-likeness (QED) is 0.274. The van der Waals surface area contributed by atoms with Crippen LogP contribution in [0.2, 0.25) is 5.02 Å². The molecule has 1 aliphatic heterocycles. The summed E-state index contributed by atoms with van der Waals surface area (Å²) in [5.41, 5.74) is -5.35. The Labute approximate surface area is 236 Å². The van der Waals surface area contributed by atoms with Gasteiger partial charge in [-0.3, -0.25) is 4.72 Å². The van der Waals surface area contributed by atoms with Gasteiger partial charge in [-0.1, -0.05) is 11.6 Å². The highest BCUT2D eigenvalue weighted by atomic mass is 35.5. The number of sulfonamides is 1. The number of alkyl halides is 9. The minimum absolute atomic E-state index is 0.0852. The van der Waals surface area contributed by atoms with Gasteiger partial charge in [0.15, 0.2) is 0 Å². The minimum atomic E-state index is -5.15. The summed E-state index contributed by atoms with van der Waals surface area (Å²) in [6, 6.07) is 3.84. The second-order valence-corrected chi connectivity index (χ2v) is 12.5. The number of anilines is 1. The number of likely N-dealkylation sites (tertiary alicyclic amines) is 1. The number of benzene rings is 2. The lowest BCUT2D eigenvalue weighted by molar-refractivity contribution is -0.143. The van der Waals surface area contributed by atoms with Crippen molar-refractivity contribution in [3.8, 4) is 16.2 Å². The zero-order valence-corrected chi connectivity index (χ0v) is 22.9. The molecular formula is C24H18ClF9N2O3S2. The van der Waals surface area contributed by atoms with Gasteiger partial charge in [0.1, 0.15) is 16.1 Å². The Hall–Kier alpha value is -2.69. The van der Waals surface area contributed by atoms with E-state index in [0.717, 1.165) is 18.2 Å². The average Bonchev–Trinajstić information content (AvgIpc) is 3.42. The van der Waals surface area contributed by atoms with E-state index in [2.05, 4.69) is 4.72 Å². The SMILES string of the molecule is CN1CC[C@@H](Oc2cc(NS(=O)(=O)c3cc(Cl)c(-c4cc(C(F)(F)F)cc(C(F)(F)F)c4)s3)ccc2C(F)(F)F)C1. The highest BCUT2D eigenvalue weighted by molar-refractivity contribution is 7.94. The average molecular weight is 653 g/mol. The Bertz CT molecular complexity index is 1520. The van der Waals surface area contributed by atoms with E-state index >= 15 is 0 Å². The third kappa shape index (κ3) is 7.21. The minimum Gasteiger partial charge on any atom is -0.488 e. The molecule has 0 aliphatic carbocycles. The van der Waals surface area contributed by atoms with E-state index in [1.54, 1.807) is 7.05 Å². The van der Waals surface area contributed by atoms with Crippen molar-refractivity contribution in [3.05, 3.63) is 64.2 Å². The first kappa shape index (κ1) is 31.3. The largest absolute Gasteiger partial charge is 0.488 e. The molecule has 0 amide bonds. The van der Waals surface area contributed by atoms with Gasteiger partial charge in [-0.05, 0) is 55.4 Å². The molecular weight excluding hydrogens is 635 g/mol. The zero-order valence-electron chi connectivity index (χ0n) is 20.5. The van der Waals surface area contributed by atoms with E-state index in [1.165, 1.54) is 0 Å². The lowest BCUT2D eigenvalue weighted by Gasteiger charge is -2.19. The van der Waals surface area contributed by atoms with Gasteiger partial charge in [0.25, 0.3) is 10.0 Å². The topological polar surface area (TPSA) is 58.6 Å². The lowest BCUT2D eigenvalue weighted by atomic mass is 10.0. The lowest BCUT2D eigenvalue weighted by Crippen LogP contribution is -2.23. The summed E-state index contributed by atoms with van der Waals surface area (Å²) in [5.74, 6) is -0.619. The molecule has 1 N–H and O–H groups in total. The summed E-state index contributed by atoms with van der Waals surface area (Å²) in [4.78, 5) is 1.44. The summed E-state index contributed by atoms with van der Waals surface area (Å²) in [7, 11) is -2.85. The van der Waals surface area contributed by atoms with Crippen LogP contribution < -0.4 is 9.46 Å². The molecule has 1 saturated heterocycles. The highest BCUT2D eigenvalue weighted by Gasteiger charge is 2.38. The molecule has 0 spiro atoms. The van der Waals surface area contributed by atoms with Crippen molar-refractivity contribution in [2.45, 2.75) is 35.3 Å². The van der Waals surface area contributed by atoms with Gasteiger partial charge < -0.3 is 9.64 Å². The van der Waals surface area contributed by atoms with Crippen molar-refractivity contribution in [2.75, 3.05) is 24.9 Å². The molecule has 41 heavy (non-hydrogen) atoms. The second kappa shape index (κ2) is 10.9. The first-order chi connectivity index (χ1) is 18.7. The van der Waals surface area contributed by atoms with Crippen LogP contribution in [-0.2, 0) is 28.6 Å². The molecule has 5 nitrogen and oxygen atoms in total. The molecule has 4 rings (SSSR count). The molecule has 1 fully saturated rings. The number of nitrogens with one attached hydrogen (secondary N) is 1. The molecule has 1 atom stereocenters. The van der Waals surface area contributed by atoms with E-state index in [4.69, 9.17) is 16.3 Å². The Kier molecular flexibility index (Phi) is 8.28. The van der Waals surface area contributed by atoms with Crippen LogP contribution >= 0.6 is 22.9 Å². The normalized spacial score (nSPS) is 17.2. The van der Waals surface area contributed by atoms with Crippen molar-refractivity contribution in [1.82, 2.24) is 4.90 Å². The van der Waals surface area contributed by atoms with Crippen molar-refractivity contribution in [2.24, 2.45) is 0 Å². The predicted octanol–water partition coefficient (Wildman–Crippen LogP) is 8.01. The molecule has 2 heterocycles. The number of hydrogen-bond acceptors (Lipinski definition) is 5. The van der Waals surface area contributed by atoms with Gasteiger partial charge in [-0.15, -0.1) is 11.3 Å².